The molecule has 0 aliphatic heterocycles. The van der Waals surface area contributed by atoms with Gasteiger partial charge in [0.2, 0.25) is 0 Å². The molecule has 0 N–H and O–H groups in total. The lowest BCUT2D eigenvalue weighted by Gasteiger charge is -2.12. The van der Waals surface area contributed by atoms with Crippen molar-refractivity contribution in [2.24, 2.45) is 0 Å². The number of hydrogen-bond donors (Lipinski definition) is 0. The number of carbonyl (C=O) groups excluding carboxylic acids is 1. The van der Waals surface area contributed by atoms with E-state index in [-0.39, 0.29) is 5.97 Å². The highest BCUT2D eigenvalue weighted by Gasteiger charge is 2.11. The summed E-state index contributed by atoms with van der Waals surface area (Å²) in [6.45, 7) is 8.79. The number of allylic oxidation sites excluding steroid dienone is 1. The molecule has 0 atom stereocenters. The predicted molar refractivity (Wildman–Crippen MR) is 119 cm³/mol. The van der Waals surface area contributed by atoms with Crippen molar-refractivity contribution in [3.63, 3.8) is 0 Å². The fourth-order valence-electron chi connectivity index (χ4n) is 3.63. The van der Waals surface area contributed by atoms with Crippen LogP contribution < -0.4 is 0 Å². The number of esters is 1. The third-order valence-electron chi connectivity index (χ3n) is 5.53. The van der Waals surface area contributed by atoms with Crippen LogP contribution in [-0.4, -0.2) is 12.6 Å². The number of unbranched alkanes of at least 4 members (excludes halogenated alkanes) is 13. The van der Waals surface area contributed by atoms with Crippen molar-refractivity contribution in [2.45, 2.75) is 137 Å². The molecule has 0 unspecified atom stereocenters. The Balaban J connectivity index is 3.77. The first-order valence-corrected chi connectivity index (χ1v) is 12.0. The third-order valence-corrected chi connectivity index (χ3v) is 5.53. The van der Waals surface area contributed by atoms with Gasteiger partial charge in [0.1, 0.15) is 0 Å². The van der Waals surface area contributed by atoms with Gasteiger partial charge in [-0.05, 0) is 39.5 Å². The van der Waals surface area contributed by atoms with Crippen LogP contribution in [0.1, 0.15) is 137 Å². The molecular formula is C25H48O2. The molecule has 0 aromatic rings. The first-order chi connectivity index (χ1) is 13.2. The van der Waals surface area contributed by atoms with E-state index in [1.165, 1.54) is 102 Å². The average molecular weight is 381 g/mol. The second-order valence-corrected chi connectivity index (χ2v) is 8.05. The number of ether oxygens (including phenoxy) is 1. The van der Waals surface area contributed by atoms with Crippen molar-refractivity contribution < 1.29 is 9.53 Å². The molecule has 0 aromatic heterocycles. The summed E-state index contributed by atoms with van der Waals surface area (Å²) in [5, 5.41) is 0. The fraction of sp³-hybridized carbons (Fsp3) is 0.880. The van der Waals surface area contributed by atoms with E-state index >= 15 is 0 Å². The van der Waals surface area contributed by atoms with E-state index in [1.54, 1.807) is 0 Å². The van der Waals surface area contributed by atoms with E-state index in [4.69, 9.17) is 4.74 Å². The maximum atomic E-state index is 12.0. The molecule has 0 saturated heterocycles. The van der Waals surface area contributed by atoms with E-state index in [0.717, 1.165) is 18.4 Å². The van der Waals surface area contributed by atoms with Gasteiger partial charge in [0, 0.05) is 5.57 Å². The maximum absolute atomic E-state index is 12.0. The van der Waals surface area contributed by atoms with Gasteiger partial charge in [0.25, 0.3) is 0 Å². The van der Waals surface area contributed by atoms with E-state index in [9.17, 15) is 4.79 Å². The topological polar surface area (TPSA) is 26.3 Å². The van der Waals surface area contributed by atoms with Crippen molar-refractivity contribution in [1.29, 1.82) is 0 Å². The zero-order valence-electron chi connectivity index (χ0n) is 19.0. The van der Waals surface area contributed by atoms with Crippen LogP contribution in [0.15, 0.2) is 11.1 Å². The molecule has 0 aromatic carbocycles. The molecule has 0 bridgehead atoms. The lowest BCUT2D eigenvalue weighted by atomic mass is 9.96. The number of rotatable bonds is 19. The van der Waals surface area contributed by atoms with Crippen molar-refractivity contribution in [3.05, 3.63) is 11.1 Å². The van der Waals surface area contributed by atoms with Crippen molar-refractivity contribution >= 4 is 5.97 Å². The molecule has 27 heavy (non-hydrogen) atoms. The predicted octanol–water partition coefficient (Wildman–Crippen LogP) is 8.54. The molecule has 2 heteroatoms. The summed E-state index contributed by atoms with van der Waals surface area (Å²) in [6, 6.07) is 0. The van der Waals surface area contributed by atoms with Crippen LogP contribution in [0.25, 0.3) is 0 Å². The Morgan fingerprint density at radius 3 is 1.44 bits per heavy atom. The summed E-state index contributed by atoms with van der Waals surface area (Å²) in [4.78, 5) is 12.0. The zero-order valence-corrected chi connectivity index (χ0v) is 19.0. The van der Waals surface area contributed by atoms with Crippen LogP contribution in [0.4, 0.5) is 0 Å². The fourth-order valence-corrected chi connectivity index (χ4v) is 3.63. The second-order valence-electron chi connectivity index (χ2n) is 8.05. The summed E-state index contributed by atoms with van der Waals surface area (Å²) < 4.78 is 5.19. The molecule has 0 amide bonds. The third kappa shape index (κ3) is 15.9. The summed E-state index contributed by atoms with van der Waals surface area (Å²) in [5.74, 6) is -0.113. The van der Waals surface area contributed by atoms with E-state index < -0.39 is 0 Å². The summed E-state index contributed by atoms with van der Waals surface area (Å²) in [6.07, 6.45) is 22.4. The SMILES string of the molecule is CCCCCCCCCCCCCCCC(CCCC)=C(C)C(=O)OCC. The average Bonchev–Trinajstić information content (AvgIpc) is 2.67. The van der Waals surface area contributed by atoms with Crippen LogP contribution in [-0.2, 0) is 9.53 Å². The van der Waals surface area contributed by atoms with Gasteiger partial charge in [-0.1, -0.05) is 103 Å². The first kappa shape index (κ1) is 26.2. The van der Waals surface area contributed by atoms with E-state index in [2.05, 4.69) is 13.8 Å². The second kappa shape index (κ2) is 20.0. The van der Waals surface area contributed by atoms with Crippen molar-refractivity contribution in [1.82, 2.24) is 0 Å². The number of hydrogen-bond acceptors (Lipinski definition) is 2. The Hall–Kier alpha value is -0.790. The van der Waals surface area contributed by atoms with Crippen molar-refractivity contribution in [2.75, 3.05) is 6.61 Å². The van der Waals surface area contributed by atoms with Gasteiger partial charge in [0.05, 0.1) is 6.61 Å². The summed E-state index contributed by atoms with van der Waals surface area (Å²) in [7, 11) is 0. The largest absolute Gasteiger partial charge is 0.463 e. The molecule has 0 aliphatic carbocycles. The van der Waals surface area contributed by atoms with Gasteiger partial charge < -0.3 is 4.74 Å². The molecular weight excluding hydrogens is 332 g/mol. The van der Waals surface area contributed by atoms with Crippen LogP contribution >= 0.6 is 0 Å². The van der Waals surface area contributed by atoms with Gasteiger partial charge in [0.15, 0.2) is 0 Å². The highest BCUT2D eigenvalue weighted by molar-refractivity contribution is 5.88. The Morgan fingerprint density at radius 1 is 0.593 bits per heavy atom. The zero-order chi connectivity index (χ0) is 20.2. The van der Waals surface area contributed by atoms with Crippen LogP contribution in [0.5, 0.6) is 0 Å². The quantitative estimate of drug-likeness (QED) is 0.127. The molecule has 160 valence electrons. The highest BCUT2D eigenvalue weighted by Crippen LogP contribution is 2.21. The molecule has 0 heterocycles. The van der Waals surface area contributed by atoms with Gasteiger partial charge in [-0.2, -0.15) is 0 Å². The minimum absolute atomic E-state index is 0.113. The van der Waals surface area contributed by atoms with Crippen LogP contribution in [0, 0.1) is 0 Å². The van der Waals surface area contributed by atoms with Gasteiger partial charge in [-0.3, -0.25) is 0 Å². The molecule has 0 spiro atoms. The van der Waals surface area contributed by atoms with Gasteiger partial charge in [-0.25, -0.2) is 4.79 Å². The van der Waals surface area contributed by atoms with Crippen LogP contribution in [0.3, 0.4) is 0 Å². The van der Waals surface area contributed by atoms with E-state index in [1.807, 2.05) is 13.8 Å². The normalized spacial score (nSPS) is 12.1. The minimum Gasteiger partial charge on any atom is -0.463 e. The summed E-state index contributed by atoms with van der Waals surface area (Å²) in [5.41, 5.74) is 2.20. The highest BCUT2D eigenvalue weighted by atomic mass is 16.5. The van der Waals surface area contributed by atoms with Gasteiger partial charge >= 0.3 is 5.97 Å². The lowest BCUT2D eigenvalue weighted by molar-refractivity contribution is -0.138. The Labute approximate surface area is 170 Å². The molecule has 0 fully saturated rings. The molecule has 0 radical (unpaired) electrons. The maximum Gasteiger partial charge on any atom is 0.333 e. The first-order valence-electron chi connectivity index (χ1n) is 12.0. The van der Waals surface area contributed by atoms with E-state index in [0.29, 0.717) is 6.61 Å². The smallest absolute Gasteiger partial charge is 0.333 e. The monoisotopic (exact) mass is 380 g/mol. The lowest BCUT2D eigenvalue weighted by Crippen LogP contribution is -2.08. The van der Waals surface area contributed by atoms with Crippen LogP contribution in [0.2, 0.25) is 0 Å². The molecule has 0 rings (SSSR count). The Kier molecular flexibility index (Phi) is 19.4. The molecule has 0 saturated carbocycles. The number of carbonyl (C=O) groups is 1. The van der Waals surface area contributed by atoms with Gasteiger partial charge in [-0.15, -0.1) is 0 Å². The minimum atomic E-state index is -0.113. The molecule has 0 aliphatic rings. The molecule has 2 nitrogen and oxygen atoms in total. The summed E-state index contributed by atoms with van der Waals surface area (Å²) >= 11 is 0. The standard InChI is InChI=1S/C25H48O2/c1-5-8-10-11-12-13-14-15-16-17-18-19-20-22-24(21-9-6-2)23(4)25(26)27-7-3/h5-22H2,1-4H3. The Bertz CT molecular complexity index is 371. The van der Waals surface area contributed by atoms with Crippen molar-refractivity contribution in [3.8, 4) is 0 Å². The Morgan fingerprint density at radius 2 is 1.00 bits per heavy atom.